The zero-order chi connectivity index (χ0) is 19.1. The van der Waals surface area contributed by atoms with Crippen molar-refractivity contribution in [3.8, 4) is 0 Å². The van der Waals surface area contributed by atoms with Crippen LogP contribution in [0.4, 0.5) is 8.78 Å². The molecule has 0 N–H and O–H groups in total. The van der Waals surface area contributed by atoms with Crippen molar-refractivity contribution in [1.29, 1.82) is 0 Å². The van der Waals surface area contributed by atoms with Crippen LogP contribution in [0, 0.1) is 0 Å². The maximum atomic E-state index is 13.5. The van der Waals surface area contributed by atoms with Crippen LogP contribution in [-0.2, 0) is 17.8 Å². The largest absolute Gasteiger partial charge is 0.346 e. The topological polar surface area (TPSA) is 73.0 Å². The molecule has 4 heterocycles. The summed E-state index contributed by atoms with van der Waals surface area (Å²) in [4.78, 5) is 30.8. The zero-order valence-corrected chi connectivity index (χ0v) is 15.1. The highest BCUT2D eigenvalue weighted by Gasteiger charge is 2.40. The number of carbonyl (C=O) groups is 1. The van der Waals surface area contributed by atoms with E-state index in [2.05, 4.69) is 10.1 Å². The number of rotatable bonds is 3. The number of aromatic nitrogens is 4. The highest BCUT2D eigenvalue weighted by molar-refractivity contribution is 6.29. The van der Waals surface area contributed by atoms with Crippen LogP contribution in [0.3, 0.4) is 0 Å². The van der Waals surface area contributed by atoms with Crippen molar-refractivity contribution in [2.45, 2.75) is 44.2 Å². The van der Waals surface area contributed by atoms with Crippen molar-refractivity contribution in [3.63, 3.8) is 0 Å². The molecule has 0 spiro atoms. The number of hydrogen-bond donors (Lipinski definition) is 0. The number of aryl methyl sites for hydroxylation is 1. The molecule has 144 valence electrons. The van der Waals surface area contributed by atoms with Gasteiger partial charge in [-0.05, 0) is 24.5 Å². The van der Waals surface area contributed by atoms with E-state index in [-0.39, 0.29) is 19.6 Å². The van der Waals surface area contributed by atoms with Gasteiger partial charge in [0.25, 0.3) is 0 Å². The fourth-order valence-electron chi connectivity index (χ4n) is 3.66. The number of halogens is 3. The highest BCUT2D eigenvalue weighted by Crippen LogP contribution is 2.27. The Balaban J connectivity index is 1.61. The van der Waals surface area contributed by atoms with Crippen molar-refractivity contribution in [2.24, 2.45) is 0 Å². The van der Waals surface area contributed by atoms with Crippen molar-refractivity contribution in [3.05, 3.63) is 45.4 Å². The predicted molar refractivity (Wildman–Crippen MR) is 93.2 cm³/mol. The fourth-order valence-corrected chi connectivity index (χ4v) is 3.77. The smallest absolute Gasteiger partial charge is 0.335 e. The molecule has 1 saturated heterocycles. The summed E-state index contributed by atoms with van der Waals surface area (Å²) < 4.78 is 29.6. The molecule has 10 heteroatoms. The number of carbonyl (C=O) groups excluding carboxylic acids is 1. The van der Waals surface area contributed by atoms with Crippen molar-refractivity contribution >= 4 is 17.5 Å². The lowest BCUT2D eigenvalue weighted by Crippen LogP contribution is -2.42. The molecule has 7 nitrogen and oxygen atoms in total. The second kappa shape index (κ2) is 7.03. The second-order valence-electron chi connectivity index (χ2n) is 6.90. The number of hydrogen-bond acceptors (Lipinski definition) is 4. The first-order chi connectivity index (χ1) is 12.9. The third-order valence-electron chi connectivity index (χ3n) is 5.03. The molecule has 3 atom stereocenters. The number of amides is 1. The van der Waals surface area contributed by atoms with Crippen LogP contribution in [0.25, 0.3) is 0 Å². The summed E-state index contributed by atoms with van der Waals surface area (Å²) in [6.07, 6.45) is -0.0840. The van der Waals surface area contributed by atoms with Crippen LogP contribution in [0.1, 0.15) is 30.3 Å². The van der Waals surface area contributed by atoms with E-state index in [4.69, 9.17) is 11.6 Å². The molecule has 2 aromatic rings. The third kappa shape index (κ3) is 3.36. The van der Waals surface area contributed by atoms with E-state index in [1.807, 2.05) is 0 Å². The van der Waals surface area contributed by atoms with Crippen LogP contribution < -0.4 is 5.69 Å². The van der Waals surface area contributed by atoms with E-state index < -0.39 is 30.0 Å². The monoisotopic (exact) mass is 397 g/mol. The maximum Gasteiger partial charge on any atom is 0.346 e. The Hall–Kier alpha value is -2.29. The van der Waals surface area contributed by atoms with Crippen molar-refractivity contribution in [2.75, 3.05) is 13.1 Å². The van der Waals surface area contributed by atoms with Gasteiger partial charge in [-0.3, -0.25) is 9.36 Å². The van der Waals surface area contributed by atoms with Crippen LogP contribution in [0.2, 0.25) is 5.15 Å². The van der Waals surface area contributed by atoms with Gasteiger partial charge in [0.2, 0.25) is 5.91 Å². The third-order valence-corrected chi connectivity index (χ3v) is 5.25. The zero-order valence-electron chi connectivity index (χ0n) is 14.4. The summed E-state index contributed by atoms with van der Waals surface area (Å²) in [7, 11) is 0. The first-order valence-corrected chi connectivity index (χ1v) is 9.17. The van der Waals surface area contributed by atoms with Gasteiger partial charge in [0, 0.05) is 12.6 Å². The quantitative estimate of drug-likeness (QED) is 0.736. The summed E-state index contributed by atoms with van der Waals surface area (Å²) in [5.41, 5.74) is 0.339. The van der Waals surface area contributed by atoms with E-state index in [0.29, 0.717) is 30.2 Å². The van der Waals surface area contributed by atoms with Crippen molar-refractivity contribution in [1.82, 2.24) is 24.2 Å². The van der Waals surface area contributed by atoms with Gasteiger partial charge >= 0.3 is 5.69 Å². The molecular formula is C17H18ClF2N5O2. The highest BCUT2D eigenvalue weighted by atomic mass is 35.5. The molecule has 2 aromatic heterocycles. The minimum atomic E-state index is -1.67. The van der Waals surface area contributed by atoms with Crippen LogP contribution in [0.5, 0.6) is 0 Å². The molecule has 0 bridgehead atoms. The summed E-state index contributed by atoms with van der Waals surface area (Å²) >= 11 is 5.77. The normalized spacial score (nSPS) is 24.9. The Kier molecular flexibility index (Phi) is 4.71. The van der Waals surface area contributed by atoms with E-state index in [9.17, 15) is 18.4 Å². The Bertz CT molecular complexity index is 903. The first kappa shape index (κ1) is 18.1. The fraction of sp³-hybridized carbons (Fsp3) is 0.529. The molecule has 0 aliphatic carbocycles. The van der Waals surface area contributed by atoms with Gasteiger partial charge in [-0.1, -0.05) is 17.7 Å². The molecular weight excluding hydrogens is 380 g/mol. The molecule has 0 radical (unpaired) electrons. The summed E-state index contributed by atoms with van der Waals surface area (Å²) in [6.45, 7) is -0.344. The van der Waals surface area contributed by atoms with Gasteiger partial charge in [-0.15, -0.1) is 0 Å². The van der Waals surface area contributed by atoms with Crippen molar-refractivity contribution < 1.29 is 13.6 Å². The number of nitrogens with zero attached hydrogens (tertiary/aromatic N) is 5. The van der Waals surface area contributed by atoms with E-state index in [0.717, 1.165) is 5.56 Å². The number of fused-ring (bicyclic) bond motifs is 1. The molecule has 0 saturated carbocycles. The summed E-state index contributed by atoms with van der Waals surface area (Å²) in [6, 6.07) is 2.60. The molecule has 2 unspecified atom stereocenters. The molecule has 27 heavy (non-hydrogen) atoms. The lowest BCUT2D eigenvalue weighted by atomic mass is 10.0. The lowest BCUT2D eigenvalue weighted by molar-refractivity contribution is -0.134. The molecule has 0 aromatic carbocycles. The summed E-state index contributed by atoms with van der Waals surface area (Å²) in [5, 5.41) is 4.70. The van der Waals surface area contributed by atoms with E-state index in [1.165, 1.54) is 14.1 Å². The molecule has 1 amide bonds. The molecule has 1 fully saturated rings. The predicted octanol–water partition coefficient (Wildman–Crippen LogP) is 1.54. The molecule has 4 rings (SSSR count). The molecule has 2 aliphatic heterocycles. The number of alkyl halides is 2. The van der Waals surface area contributed by atoms with Gasteiger partial charge in [-0.2, -0.15) is 5.10 Å². The Morgan fingerprint density at radius 2 is 2.00 bits per heavy atom. The summed E-state index contributed by atoms with van der Waals surface area (Å²) in [5.74, 6) is 0.0906. The standard InChI is InChI=1S/C17H18ClF2N5O2/c18-14-5-4-10(6-21-14)7-24-17(27)25-13(2-1-3-15(25)22-24)16(26)23-8-11(19)12(20)9-23/h4-6,11-13H,1-3,7-9H2/t11?,12?,13-/m0/s1. The van der Waals surface area contributed by atoms with Crippen LogP contribution >= 0.6 is 11.6 Å². The maximum absolute atomic E-state index is 13.5. The van der Waals surface area contributed by atoms with Gasteiger partial charge in [0.1, 0.15) is 17.0 Å². The van der Waals surface area contributed by atoms with Gasteiger partial charge < -0.3 is 4.90 Å². The Morgan fingerprint density at radius 1 is 1.26 bits per heavy atom. The van der Waals surface area contributed by atoms with Crippen LogP contribution in [-0.4, -0.2) is 55.6 Å². The average Bonchev–Trinajstić information content (AvgIpc) is 3.16. The molecule has 2 aliphatic rings. The minimum absolute atomic E-state index is 0.201. The minimum Gasteiger partial charge on any atom is -0.335 e. The Morgan fingerprint density at radius 3 is 2.67 bits per heavy atom. The van der Waals surface area contributed by atoms with Gasteiger partial charge in [0.05, 0.1) is 19.6 Å². The second-order valence-corrected chi connectivity index (χ2v) is 7.29. The van der Waals surface area contributed by atoms with Crippen LogP contribution in [0.15, 0.2) is 23.1 Å². The van der Waals surface area contributed by atoms with E-state index >= 15 is 0 Å². The van der Waals surface area contributed by atoms with E-state index in [1.54, 1.807) is 18.3 Å². The first-order valence-electron chi connectivity index (χ1n) is 8.79. The number of pyridine rings is 1. The van der Waals surface area contributed by atoms with Gasteiger partial charge in [-0.25, -0.2) is 23.2 Å². The Labute approximate surface area is 158 Å². The number of likely N-dealkylation sites (tertiary alicyclic amines) is 1. The lowest BCUT2D eigenvalue weighted by Gasteiger charge is -2.26. The SMILES string of the molecule is O=C([C@@H]1CCCc2nn(Cc3ccc(Cl)nc3)c(=O)n21)N1CC(F)C(F)C1. The average molecular weight is 398 g/mol. The van der Waals surface area contributed by atoms with Gasteiger partial charge in [0.15, 0.2) is 12.3 Å².